The molecule has 0 atom stereocenters. The van der Waals surface area contributed by atoms with Crippen molar-refractivity contribution in [2.75, 3.05) is 19.6 Å². The van der Waals surface area contributed by atoms with Gasteiger partial charge in [0, 0.05) is 24.2 Å². The molecule has 4 nitrogen and oxygen atoms in total. The summed E-state index contributed by atoms with van der Waals surface area (Å²) in [6.45, 7) is 4.06. The van der Waals surface area contributed by atoms with Crippen LogP contribution in [0.4, 0.5) is 0 Å². The molecule has 1 aliphatic carbocycles. The van der Waals surface area contributed by atoms with E-state index in [1.807, 2.05) is 6.92 Å². The van der Waals surface area contributed by atoms with E-state index in [1.165, 1.54) is 12.8 Å². The molecule has 122 valence electrons. The molecule has 2 fully saturated rings. The summed E-state index contributed by atoms with van der Waals surface area (Å²) >= 11 is 5.97. The molecule has 2 aliphatic rings. The molecule has 0 radical (unpaired) electrons. The average Bonchev–Trinajstić information content (AvgIpc) is 3.32. The summed E-state index contributed by atoms with van der Waals surface area (Å²) in [5, 5.41) is 4.04. The number of benzene rings is 1. The molecule has 1 saturated heterocycles. The molecule has 1 aliphatic heterocycles. The molecule has 1 N–H and O–H groups in total. The van der Waals surface area contributed by atoms with E-state index in [0.717, 1.165) is 30.9 Å². The number of sulfonamides is 1. The van der Waals surface area contributed by atoms with E-state index in [9.17, 15) is 8.42 Å². The molecule has 0 unspecified atom stereocenters. The van der Waals surface area contributed by atoms with Crippen molar-refractivity contribution in [1.82, 2.24) is 9.62 Å². The Morgan fingerprint density at radius 1 is 1.23 bits per heavy atom. The summed E-state index contributed by atoms with van der Waals surface area (Å²) in [4.78, 5) is 0.337. The lowest BCUT2D eigenvalue weighted by atomic mass is 10.1. The molecule has 1 aromatic carbocycles. The Labute approximate surface area is 137 Å². The lowest BCUT2D eigenvalue weighted by Crippen LogP contribution is -2.45. The predicted molar refractivity (Wildman–Crippen MR) is 88.7 cm³/mol. The maximum absolute atomic E-state index is 12.8. The first-order chi connectivity index (χ1) is 10.5. The van der Waals surface area contributed by atoms with E-state index in [0.29, 0.717) is 29.0 Å². The molecule has 0 bridgehead atoms. The minimum absolute atomic E-state index is 0.337. The van der Waals surface area contributed by atoms with Gasteiger partial charge in [-0.2, -0.15) is 4.31 Å². The SMILES string of the molecule is Cc1ccc(Cl)cc1S(=O)(=O)N1CCC(NCC2CC2)CC1. The summed E-state index contributed by atoms with van der Waals surface area (Å²) in [5.74, 6) is 0.857. The zero-order valence-corrected chi connectivity index (χ0v) is 14.5. The molecule has 6 heteroatoms. The highest BCUT2D eigenvalue weighted by Crippen LogP contribution is 2.29. The standard InChI is InChI=1S/C16H23ClN2O2S/c1-12-2-5-14(17)10-16(12)22(20,21)19-8-6-15(7-9-19)18-11-13-3-4-13/h2,5,10,13,15,18H,3-4,6-9,11H2,1H3. The fourth-order valence-electron chi connectivity index (χ4n) is 2.95. The molecule has 1 aromatic rings. The second-order valence-electron chi connectivity index (χ2n) is 6.44. The number of piperidine rings is 1. The van der Waals surface area contributed by atoms with Gasteiger partial charge in [0.15, 0.2) is 0 Å². The minimum Gasteiger partial charge on any atom is -0.314 e. The van der Waals surface area contributed by atoms with Gasteiger partial charge in [0.05, 0.1) is 4.90 Å². The fraction of sp³-hybridized carbons (Fsp3) is 0.625. The van der Waals surface area contributed by atoms with Crippen molar-refractivity contribution < 1.29 is 8.42 Å². The van der Waals surface area contributed by atoms with Crippen LogP contribution < -0.4 is 5.32 Å². The molecule has 1 saturated carbocycles. The minimum atomic E-state index is -3.44. The summed E-state index contributed by atoms with van der Waals surface area (Å²) < 4.78 is 27.2. The summed E-state index contributed by atoms with van der Waals surface area (Å²) in [6.07, 6.45) is 4.44. The van der Waals surface area contributed by atoms with E-state index in [-0.39, 0.29) is 0 Å². The monoisotopic (exact) mass is 342 g/mol. The first kappa shape index (κ1) is 16.2. The van der Waals surface area contributed by atoms with Gasteiger partial charge in [-0.3, -0.25) is 0 Å². The van der Waals surface area contributed by atoms with Crippen LogP contribution in [0.1, 0.15) is 31.2 Å². The van der Waals surface area contributed by atoms with Crippen LogP contribution in [0.2, 0.25) is 5.02 Å². The molecule has 3 rings (SSSR count). The van der Waals surface area contributed by atoms with Crippen LogP contribution in [0.3, 0.4) is 0 Å². The molecular formula is C16H23ClN2O2S. The Hall–Kier alpha value is -0.620. The Bertz CT molecular complexity index is 636. The first-order valence-electron chi connectivity index (χ1n) is 7.96. The van der Waals surface area contributed by atoms with E-state index in [4.69, 9.17) is 11.6 Å². The van der Waals surface area contributed by atoms with E-state index in [1.54, 1.807) is 22.5 Å². The fourth-order valence-corrected chi connectivity index (χ4v) is 4.90. The Kier molecular flexibility index (Phi) is 4.78. The topological polar surface area (TPSA) is 49.4 Å². The lowest BCUT2D eigenvalue weighted by Gasteiger charge is -2.32. The number of hydrogen-bond donors (Lipinski definition) is 1. The summed E-state index contributed by atoms with van der Waals surface area (Å²) in [5.41, 5.74) is 0.749. The van der Waals surface area contributed by atoms with Gasteiger partial charge in [-0.25, -0.2) is 8.42 Å². The van der Waals surface area contributed by atoms with Crippen LogP contribution in [0.15, 0.2) is 23.1 Å². The largest absolute Gasteiger partial charge is 0.314 e. The number of nitrogens with one attached hydrogen (secondary N) is 1. The first-order valence-corrected chi connectivity index (χ1v) is 9.78. The quantitative estimate of drug-likeness (QED) is 0.895. The van der Waals surface area contributed by atoms with Crippen molar-refractivity contribution in [2.24, 2.45) is 5.92 Å². The number of rotatable bonds is 5. The Balaban J connectivity index is 1.64. The predicted octanol–water partition coefficient (Wildman–Crippen LogP) is 2.80. The van der Waals surface area contributed by atoms with Crippen LogP contribution in [0.25, 0.3) is 0 Å². The van der Waals surface area contributed by atoms with Crippen molar-refractivity contribution in [3.63, 3.8) is 0 Å². The highest BCUT2D eigenvalue weighted by Gasteiger charge is 2.31. The number of nitrogens with zero attached hydrogens (tertiary/aromatic N) is 1. The smallest absolute Gasteiger partial charge is 0.243 e. The van der Waals surface area contributed by atoms with Crippen LogP contribution in [-0.4, -0.2) is 38.4 Å². The van der Waals surface area contributed by atoms with E-state index >= 15 is 0 Å². The highest BCUT2D eigenvalue weighted by molar-refractivity contribution is 7.89. The van der Waals surface area contributed by atoms with Gasteiger partial charge < -0.3 is 5.32 Å². The number of hydrogen-bond acceptors (Lipinski definition) is 3. The third-order valence-corrected chi connectivity index (χ3v) is 6.89. The third kappa shape index (κ3) is 3.65. The van der Waals surface area contributed by atoms with Crippen LogP contribution in [0.5, 0.6) is 0 Å². The average molecular weight is 343 g/mol. The lowest BCUT2D eigenvalue weighted by molar-refractivity contribution is 0.288. The van der Waals surface area contributed by atoms with Crippen molar-refractivity contribution in [3.05, 3.63) is 28.8 Å². The van der Waals surface area contributed by atoms with E-state index < -0.39 is 10.0 Å². The highest BCUT2D eigenvalue weighted by atomic mass is 35.5. The number of halogens is 1. The van der Waals surface area contributed by atoms with Gasteiger partial charge in [0.1, 0.15) is 0 Å². The van der Waals surface area contributed by atoms with Crippen LogP contribution in [-0.2, 0) is 10.0 Å². The normalized spacial score (nSPS) is 21.2. The molecule has 0 spiro atoms. The molecule has 22 heavy (non-hydrogen) atoms. The van der Waals surface area contributed by atoms with Crippen molar-refractivity contribution in [2.45, 2.75) is 43.5 Å². The van der Waals surface area contributed by atoms with Gasteiger partial charge in [-0.15, -0.1) is 0 Å². The molecule has 1 heterocycles. The summed E-state index contributed by atoms with van der Waals surface area (Å²) in [7, 11) is -3.44. The maximum Gasteiger partial charge on any atom is 0.243 e. The van der Waals surface area contributed by atoms with Crippen LogP contribution in [0, 0.1) is 12.8 Å². The molecule has 0 amide bonds. The second-order valence-corrected chi connectivity index (χ2v) is 8.78. The Morgan fingerprint density at radius 3 is 2.55 bits per heavy atom. The zero-order chi connectivity index (χ0) is 15.7. The maximum atomic E-state index is 12.8. The Morgan fingerprint density at radius 2 is 1.91 bits per heavy atom. The van der Waals surface area contributed by atoms with Gasteiger partial charge in [0.25, 0.3) is 0 Å². The molecular weight excluding hydrogens is 320 g/mol. The zero-order valence-electron chi connectivity index (χ0n) is 12.9. The number of aryl methyl sites for hydroxylation is 1. The molecule has 0 aromatic heterocycles. The second kappa shape index (κ2) is 6.48. The summed E-state index contributed by atoms with van der Waals surface area (Å²) in [6, 6.07) is 5.50. The van der Waals surface area contributed by atoms with Gasteiger partial charge in [0.2, 0.25) is 10.0 Å². The van der Waals surface area contributed by atoms with Gasteiger partial charge in [-0.1, -0.05) is 17.7 Å². The van der Waals surface area contributed by atoms with Crippen molar-refractivity contribution in [3.8, 4) is 0 Å². The van der Waals surface area contributed by atoms with Crippen LogP contribution >= 0.6 is 11.6 Å². The van der Waals surface area contributed by atoms with Gasteiger partial charge in [-0.05, 0) is 62.8 Å². The third-order valence-electron chi connectivity index (χ3n) is 4.61. The van der Waals surface area contributed by atoms with E-state index in [2.05, 4.69) is 5.32 Å². The van der Waals surface area contributed by atoms with Crippen molar-refractivity contribution >= 4 is 21.6 Å². The van der Waals surface area contributed by atoms with Crippen molar-refractivity contribution in [1.29, 1.82) is 0 Å². The van der Waals surface area contributed by atoms with Gasteiger partial charge >= 0.3 is 0 Å².